The van der Waals surface area contributed by atoms with Gasteiger partial charge in [0.15, 0.2) is 0 Å². The van der Waals surface area contributed by atoms with Gasteiger partial charge in [0.1, 0.15) is 17.7 Å². The van der Waals surface area contributed by atoms with Crippen LogP contribution in [0.1, 0.15) is 38.4 Å². The van der Waals surface area contributed by atoms with Crippen LogP contribution in [0.25, 0.3) is 27.9 Å². The summed E-state index contributed by atoms with van der Waals surface area (Å²) < 4.78 is 10.9. The lowest BCUT2D eigenvalue weighted by molar-refractivity contribution is 0.0139. The zero-order valence-corrected chi connectivity index (χ0v) is 24.3. The van der Waals surface area contributed by atoms with Gasteiger partial charge >= 0.3 is 6.09 Å². The Bertz CT molecular complexity index is 1600. The highest BCUT2D eigenvalue weighted by atomic mass is 16.6. The summed E-state index contributed by atoms with van der Waals surface area (Å²) in [7, 11) is 0. The number of fused-ring (bicyclic) bond motifs is 1. The third-order valence-electron chi connectivity index (χ3n) is 7.24. The highest BCUT2D eigenvalue weighted by Crippen LogP contribution is 2.27. The number of pyridine rings is 1. The average Bonchev–Trinajstić information content (AvgIpc) is 3.39. The number of nitrogens with one attached hydrogen (secondary N) is 2. The molecule has 2 aliphatic heterocycles. The van der Waals surface area contributed by atoms with Gasteiger partial charge in [-0.3, -0.25) is 4.90 Å². The number of hydrogen-bond acceptors (Lipinski definition) is 9. The fourth-order valence-electron chi connectivity index (χ4n) is 5.11. The Morgan fingerprint density at radius 2 is 1.88 bits per heavy atom. The zero-order chi connectivity index (χ0) is 29.1. The Hall–Kier alpha value is -4.35. The number of hydrogen-bond donors (Lipinski definition) is 2. The molecule has 0 unspecified atom stereocenters. The van der Waals surface area contributed by atoms with E-state index in [9.17, 15) is 4.79 Å². The quantitative estimate of drug-likeness (QED) is 0.330. The van der Waals surface area contributed by atoms with Gasteiger partial charge in [-0.25, -0.2) is 24.7 Å². The van der Waals surface area contributed by atoms with E-state index in [1.54, 1.807) is 17.4 Å². The zero-order valence-electron chi connectivity index (χ0n) is 24.3. The molecule has 0 aliphatic carbocycles. The summed E-state index contributed by atoms with van der Waals surface area (Å²) in [4.78, 5) is 38.0. The van der Waals surface area contributed by atoms with Crippen LogP contribution in [-0.4, -0.2) is 85.8 Å². The Morgan fingerprint density at radius 1 is 1.05 bits per heavy atom. The van der Waals surface area contributed by atoms with E-state index >= 15 is 0 Å². The maximum Gasteiger partial charge on any atom is 0.410 e. The minimum Gasteiger partial charge on any atom is -0.444 e. The summed E-state index contributed by atoms with van der Waals surface area (Å²) >= 11 is 0. The smallest absolute Gasteiger partial charge is 0.410 e. The molecule has 6 rings (SSSR count). The standard InChI is InChI=1S/C31H36N8O3/c1-31(2,3)42-30(40)39-12-10-38(11-13-39)19-21-6-9-32-28(16-21)37-29-35-24-5-4-23(17-27(24)36-29)26-18-25(33-20-34-26)22-7-14-41-15-8-22/h4-7,9,16-18,20H,8,10-15,19H2,1-3H3,(H2,32,35,36,37). The lowest BCUT2D eigenvalue weighted by Crippen LogP contribution is -2.49. The predicted octanol–water partition coefficient (Wildman–Crippen LogP) is 5.01. The van der Waals surface area contributed by atoms with Gasteiger partial charge in [0, 0.05) is 44.5 Å². The number of imidazole rings is 1. The second-order valence-electron chi connectivity index (χ2n) is 11.6. The van der Waals surface area contributed by atoms with E-state index in [1.165, 1.54) is 5.57 Å². The molecule has 4 aromatic rings. The summed E-state index contributed by atoms with van der Waals surface area (Å²) in [5.41, 5.74) is 6.38. The van der Waals surface area contributed by atoms with Crippen LogP contribution in [0.2, 0.25) is 0 Å². The van der Waals surface area contributed by atoms with Gasteiger partial charge in [0.2, 0.25) is 5.95 Å². The molecule has 5 heterocycles. The third-order valence-corrected chi connectivity index (χ3v) is 7.24. The molecule has 0 spiro atoms. The number of anilines is 2. The van der Waals surface area contributed by atoms with E-state index in [2.05, 4.69) is 42.3 Å². The van der Waals surface area contributed by atoms with Crippen molar-refractivity contribution in [2.45, 2.75) is 39.3 Å². The second kappa shape index (κ2) is 11.9. The molecule has 1 aromatic carbocycles. The normalized spacial score (nSPS) is 16.4. The molecule has 2 N–H and O–H groups in total. The minimum atomic E-state index is -0.486. The summed E-state index contributed by atoms with van der Waals surface area (Å²) in [5.74, 6) is 1.33. The van der Waals surface area contributed by atoms with E-state index < -0.39 is 5.60 Å². The van der Waals surface area contributed by atoms with Crippen LogP contribution in [0.5, 0.6) is 0 Å². The summed E-state index contributed by atoms with van der Waals surface area (Å²) in [6.45, 7) is 10.6. The van der Waals surface area contributed by atoms with Crippen molar-refractivity contribution < 1.29 is 14.3 Å². The Kier molecular flexibility index (Phi) is 7.86. The molecule has 218 valence electrons. The lowest BCUT2D eigenvalue weighted by atomic mass is 10.0. The number of aromatic nitrogens is 5. The molecule has 42 heavy (non-hydrogen) atoms. The van der Waals surface area contributed by atoms with Crippen LogP contribution in [0.4, 0.5) is 16.6 Å². The molecule has 0 saturated carbocycles. The number of H-pyrrole nitrogens is 1. The van der Waals surface area contributed by atoms with E-state index in [0.29, 0.717) is 38.1 Å². The molecule has 1 fully saturated rings. The largest absolute Gasteiger partial charge is 0.444 e. The van der Waals surface area contributed by atoms with Crippen molar-refractivity contribution in [1.29, 1.82) is 0 Å². The van der Waals surface area contributed by atoms with Gasteiger partial charge in [-0.1, -0.05) is 12.1 Å². The van der Waals surface area contributed by atoms with Crippen LogP contribution in [0.15, 0.2) is 55.0 Å². The summed E-state index contributed by atoms with van der Waals surface area (Å²) in [6, 6.07) is 12.1. The van der Waals surface area contributed by atoms with Crippen molar-refractivity contribution >= 4 is 34.5 Å². The Labute approximate surface area is 245 Å². The highest BCUT2D eigenvalue weighted by Gasteiger charge is 2.26. The molecule has 0 atom stereocenters. The molecule has 0 radical (unpaired) electrons. The first kappa shape index (κ1) is 27.8. The minimum absolute atomic E-state index is 0.245. The number of rotatable bonds is 6. The first-order valence-electron chi connectivity index (χ1n) is 14.3. The van der Waals surface area contributed by atoms with Crippen LogP contribution in [0, 0.1) is 0 Å². The maximum atomic E-state index is 12.4. The second-order valence-corrected chi connectivity index (χ2v) is 11.6. The Balaban J connectivity index is 1.09. The van der Waals surface area contributed by atoms with E-state index in [1.807, 2.05) is 51.1 Å². The van der Waals surface area contributed by atoms with Crippen molar-refractivity contribution in [1.82, 2.24) is 34.7 Å². The number of benzene rings is 1. The molecular formula is C31H36N8O3. The van der Waals surface area contributed by atoms with Gasteiger partial charge in [0.25, 0.3) is 0 Å². The van der Waals surface area contributed by atoms with Gasteiger partial charge in [-0.05, 0) is 68.7 Å². The van der Waals surface area contributed by atoms with Gasteiger partial charge in [-0.15, -0.1) is 0 Å². The molecule has 11 heteroatoms. The number of amides is 1. The number of carbonyl (C=O) groups excluding carboxylic acids is 1. The lowest BCUT2D eigenvalue weighted by Gasteiger charge is -2.35. The maximum absolute atomic E-state index is 12.4. The van der Waals surface area contributed by atoms with Crippen LogP contribution in [0.3, 0.4) is 0 Å². The van der Waals surface area contributed by atoms with Crippen molar-refractivity contribution in [2.24, 2.45) is 0 Å². The molecule has 3 aromatic heterocycles. The monoisotopic (exact) mass is 568 g/mol. The topological polar surface area (TPSA) is 121 Å². The molecular weight excluding hydrogens is 532 g/mol. The summed E-state index contributed by atoms with van der Waals surface area (Å²) in [5, 5.41) is 3.32. The average molecular weight is 569 g/mol. The number of nitrogens with zero attached hydrogens (tertiary/aromatic N) is 6. The van der Waals surface area contributed by atoms with E-state index in [-0.39, 0.29) is 6.09 Å². The van der Waals surface area contributed by atoms with Crippen molar-refractivity contribution in [3.8, 4) is 11.3 Å². The van der Waals surface area contributed by atoms with E-state index in [0.717, 1.165) is 59.6 Å². The molecule has 11 nitrogen and oxygen atoms in total. The highest BCUT2D eigenvalue weighted by molar-refractivity contribution is 5.83. The Morgan fingerprint density at radius 3 is 2.67 bits per heavy atom. The number of aromatic amines is 1. The van der Waals surface area contributed by atoms with Crippen molar-refractivity contribution in [3.05, 3.63) is 66.3 Å². The van der Waals surface area contributed by atoms with Crippen LogP contribution >= 0.6 is 0 Å². The first-order valence-corrected chi connectivity index (χ1v) is 14.3. The van der Waals surface area contributed by atoms with Gasteiger partial charge in [0.05, 0.1) is 35.6 Å². The van der Waals surface area contributed by atoms with E-state index in [4.69, 9.17) is 14.5 Å². The third kappa shape index (κ3) is 6.75. The molecule has 0 bridgehead atoms. The van der Waals surface area contributed by atoms with Crippen molar-refractivity contribution in [2.75, 3.05) is 44.7 Å². The SMILES string of the molecule is CC(C)(C)OC(=O)N1CCN(Cc2ccnc(Nc3nc4ccc(-c5cc(C6=CCOCC6)ncn5)cc4[nH]3)c2)CC1. The first-order chi connectivity index (χ1) is 20.3. The van der Waals surface area contributed by atoms with Gasteiger partial charge in [-0.2, -0.15) is 0 Å². The molecule has 1 saturated heterocycles. The fraction of sp³-hybridized carbons (Fsp3) is 0.387. The van der Waals surface area contributed by atoms with Crippen molar-refractivity contribution in [3.63, 3.8) is 0 Å². The number of piperazine rings is 1. The van der Waals surface area contributed by atoms with Crippen LogP contribution in [-0.2, 0) is 16.0 Å². The fourth-order valence-corrected chi connectivity index (χ4v) is 5.11. The number of carbonyl (C=O) groups is 1. The predicted molar refractivity (Wildman–Crippen MR) is 161 cm³/mol. The number of ether oxygens (including phenoxy) is 2. The van der Waals surface area contributed by atoms with Crippen LogP contribution < -0.4 is 5.32 Å². The summed E-state index contributed by atoms with van der Waals surface area (Å²) in [6.07, 6.45) is 6.11. The van der Waals surface area contributed by atoms with Gasteiger partial charge < -0.3 is 24.7 Å². The molecule has 2 aliphatic rings. The molecule has 1 amide bonds.